The van der Waals surface area contributed by atoms with Crippen molar-refractivity contribution in [2.75, 3.05) is 0 Å². The van der Waals surface area contributed by atoms with Crippen LogP contribution in [0.1, 0.15) is 53.0 Å². The van der Waals surface area contributed by atoms with Gasteiger partial charge in [-0.3, -0.25) is 19.2 Å². The van der Waals surface area contributed by atoms with Crippen LogP contribution >= 0.6 is 11.6 Å². The molecule has 2 aliphatic heterocycles. The minimum Gasteiger partial charge on any atom is -0.291 e. The van der Waals surface area contributed by atoms with Gasteiger partial charge in [0.15, 0.2) is 17.1 Å². The molecule has 0 N–H and O–H groups in total. The summed E-state index contributed by atoms with van der Waals surface area (Å²) in [5, 5.41) is 2.79. The van der Waals surface area contributed by atoms with Crippen LogP contribution in [0.2, 0.25) is 5.02 Å². The van der Waals surface area contributed by atoms with Crippen molar-refractivity contribution in [2.45, 2.75) is 11.6 Å². The first-order chi connectivity index (χ1) is 15.0. The maximum Gasteiger partial charge on any atom is 0.276 e. The number of rotatable bonds is 2. The van der Waals surface area contributed by atoms with Gasteiger partial charge in [0.05, 0.1) is 17.2 Å². The third-order valence-corrected chi connectivity index (χ3v) is 6.47. The summed E-state index contributed by atoms with van der Waals surface area (Å²) in [4.78, 5) is 53.4. The topological polar surface area (TPSA) is 74.5 Å². The summed E-state index contributed by atoms with van der Waals surface area (Å²) >= 11 is 6.02. The van der Waals surface area contributed by atoms with E-state index in [4.69, 9.17) is 11.6 Å². The van der Waals surface area contributed by atoms with E-state index in [1.54, 1.807) is 72.8 Å². The lowest BCUT2D eigenvalue weighted by Gasteiger charge is -2.18. The van der Waals surface area contributed by atoms with Gasteiger partial charge in [0.2, 0.25) is 0 Å². The van der Waals surface area contributed by atoms with E-state index < -0.39 is 35.0 Å². The predicted octanol–water partition coefficient (Wildman–Crippen LogP) is 3.73. The van der Waals surface area contributed by atoms with E-state index in [0.29, 0.717) is 21.7 Å². The van der Waals surface area contributed by atoms with Gasteiger partial charge in [0, 0.05) is 16.1 Å². The number of halogens is 1. The van der Waals surface area contributed by atoms with Crippen molar-refractivity contribution in [3.8, 4) is 0 Å². The zero-order chi connectivity index (χ0) is 21.5. The molecule has 2 heterocycles. The van der Waals surface area contributed by atoms with Crippen molar-refractivity contribution >= 4 is 35.0 Å². The molecule has 0 saturated carbocycles. The second-order valence-electron chi connectivity index (χ2n) is 7.74. The van der Waals surface area contributed by atoms with Crippen LogP contribution in [0.25, 0.3) is 0 Å². The summed E-state index contributed by atoms with van der Waals surface area (Å²) in [6.45, 7) is 0. The smallest absolute Gasteiger partial charge is 0.276 e. The van der Waals surface area contributed by atoms with E-state index in [9.17, 15) is 19.2 Å². The first-order valence-corrected chi connectivity index (χ1v) is 10.1. The Labute approximate surface area is 181 Å². The van der Waals surface area contributed by atoms with E-state index in [2.05, 4.69) is 0 Å². The maximum atomic E-state index is 13.6. The molecule has 2 amide bonds. The lowest BCUT2D eigenvalue weighted by atomic mass is 9.94. The predicted molar refractivity (Wildman–Crippen MR) is 111 cm³/mol. The molecule has 31 heavy (non-hydrogen) atoms. The Balaban J connectivity index is 1.54. The van der Waals surface area contributed by atoms with Gasteiger partial charge < -0.3 is 0 Å². The van der Waals surface area contributed by atoms with Gasteiger partial charge in [0.1, 0.15) is 0 Å². The van der Waals surface area contributed by atoms with Crippen LogP contribution in [-0.2, 0) is 0 Å². The van der Waals surface area contributed by atoms with Crippen LogP contribution in [0.15, 0.2) is 72.8 Å². The SMILES string of the molecule is O=C1c2ccccc2C(=O)N1N1C(c2ccc(Cl)cc2)C12C(=O)c1ccccc1C2=O. The minimum atomic E-state index is -1.66. The molecule has 1 aliphatic carbocycles. The first-order valence-electron chi connectivity index (χ1n) is 9.69. The standard InChI is InChI=1S/C24H13ClN2O4/c25-14-11-9-13(10-12-14)19-24(20(28)15-5-1-2-6-16(15)21(24)29)27(19)26-22(30)17-7-3-4-8-18(17)23(26)31/h1-12,19H. The van der Waals surface area contributed by atoms with Crippen molar-refractivity contribution in [3.05, 3.63) is 106 Å². The van der Waals surface area contributed by atoms with Crippen molar-refractivity contribution in [1.29, 1.82) is 0 Å². The number of carbonyl (C=O) groups excluding carboxylic acids is 4. The van der Waals surface area contributed by atoms with E-state index in [1.807, 2.05) is 0 Å². The molecule has 3 aliphatic rings. The normalized spacial score (nSPS) is 22.8. The molecule has 0 radical (unpaired) electrons. The van der Waals surface area contributed by atoms with E-state index >= 15 is 0 Å². The molecule has 6 nitrogen and oxygen atoms in total. The Morgan fingerprint density at radius 3 is 1.58 bits per heavy atom. The second kappa shape index (κ2) is 5.97. The maximum absolute atomic E-state index is 13.6. The third-order valence-electron chi connectivity index (χ3n) is 6.22. The number of hydrogen-bond donors (Lipinski definition) is 0. The highest BCUT2D eigenvalue weighted by Crippen LogP contribution is 2.61. The van der Waals surface area contributed by atoms with E-state index in [1.165, 1.54) is 5.01 Å². The van der Waals surface area contributed by atoms with Gasteiger partial charge in [0.25, 0.3) is 11.8 Å². The zero-order valence-corrected chi connectivity index (χ0v) is 16.7. The molecular weight excluding hydrogens is 416 g/mol. The lowest BCUT2D eigenvalue weighted by Crippen LogP contribution is -2.43. The van der Waals surface area contributed by atoms with Gasteiger partial charge in [-0.05, 0) is 29.8 Å². The number of ketones is 2. The number of carbonyl (C=O) groups is 4. The molecule has 1 spiro atoms. The van der Waals surface area contributed by atoms with Crippen molar-refractivity contribution < 1.29 is 19.2 Å². The molecule has 3 aromatic carbocycles. The van der Waals surface area contributed by atoms with E-state index in [-0.39, 0.29) is 11.1 Å². The highest BCUT2D eigenvalue weighted by atomic mass is 35.5. The second-order valence-corrected chi connectivity index (χ2v) is 8.17. The van der Waals surface area contributed by atoms with E-state index in [0.717, 1.165) is 5.01 Å². The summed E-state index contributed by atoms with van der Waals surface area (Å²) in [6.07, 6.45) is 0. The van der Waals surface area contributed by atoms with Gasteiger partial charge in [-0.15, -0.1) is 0 Å². The fourth-order valence-electron chi connectivity index (χ4n) is 4.80. The van der Waals surface area contributed by atoms with Crippen LogP contribution in [0.4, 0.5) is 0 Å². The molecule has 150 valence electrons. The molecule has 0 bridgehead atoms. The summed E-state index contributed by atoms with van der Waals surface area (Å²) < 4.78 is 0. The fourth-order valence-corrected chi connectivity index (χ4v) is 4.93. The van der Waals surface area contributed by atoms with Crippen LogP contribution < -0.4 is 0 Å². The Morgan fingerprint density at radius 1 is 0.645 bits per heavy atom. The molecular formula is C24H13ClN2O4. The molecule has 2 unspecified atom stereocenters. The quantitative estimate of drug-likeness (QED) is 0.353. The summed E-state index contributed by atoms with van der Waals surface area (Å²) in [6, 6.07) is 19.0. The summed E-state index contributed by atoms with van der Waals surface area (Å²) in [5.41, 5.74) is 0.0523. The largest absolute Gasteiger partial charge is 0.291 e. The van der Waals surface area contributed by atoms with Crippen molar-refractivity contribution in [2.24, 2.45) is 0 Å². The summed E-state index contributed by atoms with van der Waals surface area (Å²) in [5.74, 6) is -1.92. The van der Waals surface area contributed by atoms with Crippen molar-refractivity contribution in [1.82, 2.24) is 10.0 Å². The van der Waals surface area contributed by atoms with Crippen LogP contribution in [0.5, 0.6) is 0 Å². The Morgan fingerprint density at radius 2 is 1.10 bits per heavy atom. The zero-order valence-electron chi connectivity index (χ0n) is 15.9. The molecule has 1 saturated heterocycles. The number of hydrazine groups is 1. The number of Topliss-reactive ketones (excluding diaryl/α,β-unsaturated/α-hetero) is 2. The molecule has 1 fully saturated rings. The first kappa shape index (κ1) is 18.2. The Kier molecular flexibility index (Phi) is 3.50. The number of benzene rings is 3. The van der Waals surface area contributed by atoms with Gasteiger partial charge in [-0.1, -0.05) is 60.1 Å². The molecule has 0 aromatic heterocycles. The lowest BCUT2D eigenvalue weighted by molar-refractivity contribution is 0.0297. The van der Waals surface area contributed by atoms with Gasteiger partial charge in [-0.2, -0.15) is 10.0 Å². The fraction of sp³-hybridized carbons (Fsp3) is 0.0833. The van der Waals surface area contributed by atoms with Crippen LogP contribution in [0, 0.1) is 0 Å². The van der Waals surface area contributed by atoms with Crippen LogP contribution in [0.3, 0.4) is 0 Å². The monoisotopic (exact) mass is 428 g/mol. The summed E-state index contributed by atoms with van der Waals surface area (Å²) in [7, 11) is 0. The minimum absolute atomic E-state index is 0.250. The Hall–Kier alpha value is -3.61. The van der Waals surface area contributed by atoms with Gasteiger partial charge in [-0.25, -0.2) is 0 Å². The van der Waals surface area contributed by atoms with Crippen LogP contribution in [-0.4, -0.2) is 38.9 Å². The van der Waals surface area contributed by atoms with Gasteiger partial charge >= 0.3 is 0 Å². The molecule has 6 rings (SSSR count). The number of nitrogens with zero attached hydrogens (tertiary/aromatic N) is 2. The third kappa shape index (κ3) is 2.10. The number of amides is 2. The highest BCUT2D eigenvalue weighted by Gasteiger charge is 2.79. The molecule has 7 heteroatoms. The molecule has 3 aromatic rings. The molecule has 2 atom stereocenters. The average molecular weight is 429 g/mol. The highest BCUT2D eigenvalue weighted by molar-refractivity contribution is 6.36. The van der Waals surface area contributed by atoms with Crippen molar-refractivity contribution in [3.63, 3.8) is 0 Å². The average Bonchev–Trinajstić information content (AvgIpc) is 3.34. The number of hydrogen-bond acceptors (Lipinski definition) is 5. The Bertz CT molecular complexity index is 1280. The number of fused-ring (bicyclic) bond motifs is 2. The number of imide groups is 1.